The van der Waals surface area contributed by atoms with Crippen LogP contribution in [0.2, 0.25) is 0 Å². The van der Waals surface area contributed by atoms with Crippen molar-refractivity contribution in [1.29, 1.82) is 0 Å². The van der Waals surface area contributed by atoms with Crippen LogP contribution in [-0.2, 0) is 19.7 Å². The van der Waals surface area contributed by atoms with Crippen molar-refractivity contribution in [3.05, 3.63) is 84.0 Å². The Kier molecular flexibility index (Phi) is 8.20. The minimum atomic E-state index is -0.417. The van der Waals surface area contributed by atoms with Gasteiger partial charge in [0.1, 0.15) is 24.7 Å². The third-order valence-corrected chi connectivity index (χ3v) is 4.93. The van der Waals surface area contributed by atoms with Crippen molar-refractivity contribution in [3.63, 3.8) is 0 Å². The number of ketones is 1. The van der Waals surface area contributed by atoms with Gasteiger partial charge >= 0.3 is 5.97 Å². The average molecular weight is 423 g/mol. The normalized spacial score (nSPS) is 10.8. The molecule has 0 spiro atoms. The largest absolute Gasteiger partial charge is 0.490 e. The first kappa shape index (κ1) is 23.9. The summed E-state index contributed by atoms with van der Waals surface area (Å²) in [5, 5.41) is 0. The first-order chi connectivity index (χ1) is 14.6. The van der Waals surface area contributed by atoms with E-state index in [4.69, 9.17) is 14.2 Å². The van der Waals surface area contributed by atoms with E-state index in [1.807, 2.05) is 48.5 Å². The van der Waals surface area contributed by atoms with Gasteiger partial charge in [0.15, 0.2) is 12.4 Å². The van der Waals surface area contributed by atoms with Gasteiger partial charge in [-0.1, -0.05) is 51.3 Å². The first-order valence-corrected chi connectivity index (χ1v) is 10.1. The molecule has 2 rings (SSSR count). The van der Waals surface area contributed by atoms with Crippen LogP contribution in [0.1, 0.15) is 38.8 Å². The summed E-state index contributed by atoms with van der Waals surface area (Å²) >= 11 is 0. The lowest BCUT2D eigenvalue weighted by molar-refractivity contribution is -0.139. The Morgan fingerprint density at radius 2 is 1.26 bits per heavy atom. The molecule has 5 heteroatoms. The van der Waals surface area contributed by atoms with Crippen molar-refractivity contribution in [2.24, 2.45) is 0 Å². The summed E-state index contributed by atoms with van der Waals surface area (Å²) in [6.07, 6.45) is 0. The van der Waals surface area contributed by atoms with E-state index in [-0.39, 0.29) is 31.0 Å². The van der Waals surface area contributed by atoms with E-state index < -0.39 is 5.97 Å². The molecule has 0 saturated heterocycles. The monoisotopic (exact) mass is 422 g/mol. The molecule has 0 aliphatic heterocycles. The van der Waals surface area contributed by atoms with Crippen molar-refractivity contribution in [2.75, 3.05) is 19.8 Å². The minimum absolute atomic E-state index is 0.00800. The second-order valence-electron chi connectivity index (χ2n) is 7.93. The van der Waals surface area contributed by atoms with Crippen LogP contribution in [0.15, 0.2) is 72.8 Å². The molecule has 0 aliphatic rings. The number of hydrogen-bond donors (Lipinski definition) is 0. The Morgan fingerprint density at radius 3 is 1.71 bits per heavy atom. The minimum Gasteiger partial charge on any atom is -0.490 e. The highest BCUT2D eigenvalue weighted by molar-refractivity contribution is 5.95. The molecule has 2 aromatic carbocycles. The van der Waals surface area contributed by atoms with Crippen LogP contribution in [-0.4, -0.2) is 31.6 Å². The molecule has 0 aliphatic carbocycles. The first-order valence-electron chi connectivity index (χ1n) is 10.1. The number of hydrogen-bond acceptors (Lipinski definition) is 5. The average Bonchev–Trinajstić information content (AvgIpc) is 2.75. The highest BCUT2D eigenvalue weighted by Gasteiger charge is 2.23. The fraction of sp³-hybridized carbons (Fsp3) is 0.308. The number of carbonyl (C=O) groups is 2. The predicted molar refractivity (Wildman–Crippen MR) is 122 cm³/mol. The van der Waals surface area contributed by atoms with Gasteiger partial charge in [-0.15, -0.1) is 0 Å². The third kappa shape index (κ3) is 6.85. The SMILES string of the molecule is C=C(C)C(=O)COc1ccc(C(C)(C)c2ccc(OCCOC(=O)C(=C)C)cc2)cc1. The van der Waals surface area contributed by atoms with E-state index in [1.54, 1.807) is 13.8 Å². The fourth-order valence-corrected chi connectivity index (χ4v) is 2.79. The van der Waals surface area contributed by atoms with Gasteiger partial charge < -0.3 is 14.2 Å². The molecule has 0 bridgehead atoms. The van der Waals surface area contributed by atoms with E-state index in [0.717, 1.165) is 11.1 Å². The topological polar surface area (TPSA) is 61.8 Å². The van der Waals surface area contributed by atoms with E-state index in [2.05, 4.69) is 27.0 Å². The standard InChI is InChI=1S/C26H30O5/c1-18(2)24(27)17-31-23-13-9-21(10-14-23)26(5,6)20-7-11-22(12-8-20)29-15-16-30-25(28)19(3)4/h7-14H,1,3,15-17H2,2,4-6H3. The maximum atomic E-state index is 11.6. The van der Waals surface area contributed by atoms with Gasteiger partial charge in [0.25, 0.3) is 0 Å². The zero-order valence-electron chi connectivity index (χ0n) is 18.7. The Morgan fingerprint density at radius 1 is 0.774 bits per heavy atom. The van der Waals surface area contributed by atoms with Crippen molar-refractivity contribution in [3.8, 4) is 11.5 Å². The van der Waals surface area contributed by atoms with Crippen molar-refractivity contribution in [1.82, 2.24) is 0 Å². The molecule has 0 fully saturated rings. The van der Waals surface area contributed by atoms with Gasteiger partial charge in [-0.05, 0) is 54.8 Å². The van der Waals surface area contributed by atoms with Crippen LogP contribution in [0.3, 0.4) is 0 Å². The molecule has 0 heterocycles. The zero-order chi connectivity index (χ0) is 23.0. The number of carbonyl (C=O) groups excluding carboxylic acids is 2. The van der Waals surface area contributed by atoms with E-state index in [9.17, 15) is 9.59 Å². The van der Waals surface area contributed by atoms with Gasteiger partial charge in [-0.2, -0.15) is 0 Å². The number of rotatable bonds is 11. The lowest BCUT2D eigenvalue weighted by atomic mass is 9.78. The van der Waals surface area contributed by atoms with Gasteiger partial charge in [0.2, 0.25) is 0 Å². The second kappa shape index (κ2) is 10.6. The summed E-state index contributed by atoms with van der Waals surface area (Å²) in [6.45, 7) is 15.2. The van der Waals surface area contributed by atoms with Crippen LogP contribution >= 0.6 is 0 Å². The Bertz CT molecular complexity index is 937. The second-order valence-corrected chi connectivity index (χ2v) is 7.93. The predicted octanol–water partition coefficient (Wildman–Crippen LogP) is 5.03. The molecule has 2 aromatic rings. The molecule has 0 aromatic heterocycles. The van der Waals surface area contributed by atoms with Crippen LogP contribution in [0, 0.1) is 0 Å². The molecular formula is C26H30O5. The molecule has 5 nitrogen and oxygen atoms in total. The lowest BCUT2D eigenvalue weighted by Crippen LogP contribution is -2.19. The third-order valence-electron chi connectivity index (χ3n) is 4.93. The van der Waals surface area contributed by atoms with Gasteiger partial charge in [-0.25, -0.2) is 4.79 Å². The molecule has 0 unspecified atom stereocenters. The maximum absolute atomic E-state index is 11.6. The molecule has 0 amide bonds. The summed E-state index contributed by atoms with van der Waals surface area (Å²) in [5.74, 6) is 0.822. The Hall–Kier alpha value is -3.34. The number of ether oxygens (including phenoxy) is 3. The summed E-state index contributed by atoms with van der Waals surface area (Å²) in [4.78, 5) is 23.0. The van der Waals surface area contributed by atoms with Crippen molar-refractivity contribution < 1.29 is 23.8 Å². The smallest absolute Gasteiger partial charge is 0.333 e. The summed E-state index contributed by atoms with van der Waals surface area (Å²) in [7, 11) is 0. The highest BCUT2D eigenvalue weighted by Crippen LogP contribution is 2.33. The van der Waals surface area contributed by atoms with Crippen molar-refractivity contribution >= 4 is 11.8 Å². The van der Waals surface area contributed by atoms with E-state index >= 15 is 0 Å². The summed E-state index contributed by atoms with van der Waals surface area (Å²) in [5.41, 5.74) is 2.86. The Balaban J connectivity index is 1.95. The number of Topliss-reactive ketones (excluding diaryl/α,β-unsaturated/α-hetero) is 1. The molecule has 164 valence electrons. The van der Waals surface area contributed by atoms with Gasteiger partial charge in [0.05, 0.1) is 0 Å². The number of benzene rings is 2. The van der Waals surface area contributed by atoms with Crippen LogP contribution in [0.4, 0.5) is 0 Å². The summed E-state index contributed by atoms with van der Waals surface area (Å²) in [6, 6.07) is 15.6. The van der Waals surface area contributed by atoms with Crippen LogP contribution < -0.4 is 9.47 Å². The molecule has 0 saturated carbocycles. The molecular weight excluding hydrogens is 392 g/mol. The van der Waals surface area contributed by atoms with E-state index in [1.165, 1.54) is 0 Å². The Labute approximate surface area is 184 Å². The molecule has 31 heavy (non-hydrogen) atoms. The van der Waals surface area contributed by atoms with E-state index in [0.29, 0.717) is 22.6 Å². The quantitative estimate of drug-likeness (QED) is 0.289. The summed E-state index contributed by atoms with van der Waals surface area (Å²) < 4.78 is 16.2. The molecule has 0 radical (unpaired) electrons. The molecule has 0 N–H and O–H groups in total. The highest BCUT2D eigenvalue weighted by atomic mass is 16.6. The maximum Gasteiger partial charge on any atom is 0.333 e. The van der Waals surface area contributed by atoms with Crippen LogP contribution in [0.25, 0.3) is 0 Å². The van der Waals surface area contributed by atoms with Gasteiger partial charge in [0, 0.05) is 11.0 Å². The zero-order valence-corrected chi connectivity index (χ0v) is 18.7. The number of esters is 1. The van der Waals surface area contributed by atoms with Crippen molar-refractivity contribution in [2.45, 2.75) is 33.1 Å². The van der Waals surface area contributed by atoms with Crippen LogP contribution in [0.5, 0.6) is 11.5 Å². The molecule has 0 atom stereocenters. The fourth-order valence-electron chi connectivity index (χ4n) is 2.79. The lowest BCUT2D eigenvalue weighted by Gasteiger charge is -2.26. The van der Waals surface area contributed by atoms with Gasteiger partial charge in [-0.3, -0.25) is 4.79 Å².